The van der Waals surface area contributed by atoms with Crippen molar-refractivity contribution in [1.29, 1.82) is 5.26 Å². The van der Waals surface area contributed by atoms with Crippen LogP contribution in [0.5, 0.6) is 0 Å². The smallest absolute Gasteiger partial charge is 0.239 e. The zero-order valence-corrected chi connectivity index (χ0v) is 13.8. The van der Waals surface area contributed by atoms with Crippen LogP contribution in [0.2, 0.25) is 0 Å². The van der Waals surface area contributed by atoms with Gasteiger partial charge in [0.05, 0.1) is 28.3 Å². The molecule has 3 rings (SSSR count). The molecule has 0 saturated heterocycles. The minimum Gasteiger partial charge on any atom is -0.325 e. The first-order valence-electron chi connectivity index (χ1n) is 6.74. The molecule has 2 aromatic carbocycles. The lowest BCUT2D eigenvalue weighted by atomic mass is 10.2. The van der Waals surface area contributed by atoms with Crippen LogP contribution in [0.25, 0.3) is 11.0 Å². The van der Waals surface area contributed by atoms with E-state index in [9.17, 15) is 13.2 Å². The van der Waals surface area contributed by atoms with Crippen molar-refractivity contribution in [3.05, 3.63) is 48.0 Å². The Labute approximate surface area is 141 Å². The van der Waals surface area contributed by atoms with Crippen LogP contribution in [0.15, 0.2) is 47.4 Å². The number of sulfone groups is 1. The Kier molecular flexibility index (Phi) is 4.24. The van der Waals surface area contributed by atoms with E-state index in [1.54, 1.807) is 30.3 Å². The number of amides is 1. The molecule has 24 heavy (non-hydrogen) atoms. The molecular formula is C15H10N4O3S2. The summed E-state index contributed by atoms with van der Waals surface area (Å²) in [6, 6.07) is 12.8. The average Bonchev–Trinajstić information content (AvgIpc) is 3.02. The molecule has 7 nitrogen and oxygen atoms in total. The van der Waals surface area contributed by atoms with Gasteiger partial charge in [0, 0.05) is 5.69 Å². The number of nitrogens with zero attached hydrogens (tertiary/aromatic N) is 3. The Morgan fingerprint density at radius 1 is 1.21 bits per heavy atom. The second-order valence-corrected chi connectivity index (χ2v) is 7.37. The van der Waals surface area contributed by atoms with E-state index in [-0.39, 0.29) is 10.4 Å². The maximum atomic E-state index is 12.5. The number of carbonyl (C=O) groups is 1. The predicted molar refractivity (Wildman–Crippen MR) is 89.3 cm³/mol. The largest absolute Gasteiger partial charge is 0.325 e. The highest BCUT2D eigenvalue weighted by Crippen LogP contribution is 2.22. The van der Waals surface area contributed by atoms with E-state index < -0.39 is 21.5 Å². The molecule has 1 aromatic heterocycles. The number of anilines is 1. The summed E-state index contributed by atoms with van der Waals surface area (Å²) in [5.41, 5.74) is 1.47. The monoisotopic (exact) mass is 358 g/mol. The van der Waals surface area contributed by atoms with Crippen molar-refractivity contribution < 1.29 is 13.2 Å². The molecule has 0 radical (unpaired) electrons. The first kappa shape index (κ1) is 16.0. The highest BCUT2D eigenvalue weighted by atomic mass is 32.2. The van der Waals surface area contributed by atoms with Gasteiger partial charge < -0.3 is 5.32 Å². The Bertz CT molecular complexity index is 1070. The number of benzene rings is 2. The first-order valence-corrected chi connectivity index (χ1v) is 9.12. The number of aromatic nitrogens is 2. The van der Waals surface area contributed by atoms with E-state index in [0.29, 0.717) is 16.8 Å². The van der Waals surface area contributed by atoms with Gasteiger partial charge in [-0.3, -0.25) is 4.79 Å². The van der Waals surface area contributed by atoms with Crippen LogP contribution in [-0.2, 0) is 14.6 Å². The number of rotatable bonds is 4. The summed E-state index contributed by atoms with van der Waals surface area (Å²) < 4.78 is 33.0. The van der Waals surface area contributed by atoms with Gasteiger partial charge in [0.15, 0.2) is 9.84 Å². The van der Waals surface area contributed by atoms with E-state index in [1.807, 2.05) is 6.07 Å². The number of hydrogen-bond donors (Lipinski definition) is 1. The van der Waals surface area contributed by atoms with Gasteiger partial charge in [0.1, 0.15) is 16.8 Å². The van der Waals surface area contributed by atoms with Crippen molar-refractivity contribution in [3.63, 3.8) is 0 Å². The maximum absolute atomic E-state index is 12.5. The van der Waals surface area contributed by atoms with Gasteiger partial charge in [0.25, 0.3) is 0 Å². The molecule has 0 unspecified atom stereocenters. The normalized spacial score (nSPS) is 11.1. The van der Waals surface area contributed by atoms with Crippen LogP contribution in [0.3, 0.4) is 0 Å². The molecule has 1 N–H and O–H groups in total. The van der Waals surface area contributed by atoms with Gasteiger partial charge in [-0.05, 0) is 30.3 Å². The van der Waals surface area contributed by atoms with E-state index in [4.69, 9.17) is 5.26 Å². The highest BCUT2D eigenvalue weighted by Gasteiger charge is 2.23. The third-order valence-electron chi connectivity index (χ3n) is 3.18. The van der Waals surface area contributed by atoms with Crippen LogP contribution in [0.1, 0.15) is 5.56 Å². The summed E-state index contributed by atoms with van der Waals surface area (Å²) in [7, 11) is -3.86. The molecule has 1 heterocycles. The van der Waals surface area contributed by atoms with E-state index >= 15 is 0 Å². The Morgan fingerprint density at radius 2 is 2.00 bits per heavy atom. The van der Waals surface area contributed by atoms with Crippen LogP contribution in [0, 0.1) is 11.3 Å². The molecule has 0 spiro atoms. The molecule has 1 amide bonds. The average molecular weight is 358 g/mol. The van der Waals surface area contributed by atoms with Gasteiger partial charge in [-0.2, -0.15) is 14.0 Å². The number of carbonyl (C=O) groups excluding carboxylic acids is 1. The van der Waals surface area contributed by atoms with Crippen molar-refractivity contribution in [2.45, 2.75) is 4.90 Å². The zero-order valence-electron chi connectivity index (χ0n) is 12.1. The third kappa shape index (κ3) is 3.24. The molecular weight excluding hydrogens is 348 g/mol. The van der Waals surface area contributed by atoms with Crippen LogP contribution in [0.4, 0.5) is 5.69 Å². The highest BCUT2D eigenvalue weighted by molar-refractivity contribution is 7.92. The minimum absolute atomic E-state index is 0.0188. The molecule has 0 saturated carbocycles. The van der Waals surface area contributed by atoms with Gasteiger partial charge in [0.2, 0.25) is 5.91 Å². The Morgan fingerprint density at radius 3 is 2.79 bits per heavy atom. The fraction of sp³-hybridized carbons (Fsp3) is 0.0667. The summed E-state index contributed by atoms with van der Waals surface area (Å²) in [6.45, 7) is 0. The molecule has 0 aliphatic carbocycles. The van der Waals surface area contributed by atoms with Crippen molar-refractivity contribution in [1.82, 2.24) is 8.75 Å². The Hall–Kier alpha value is -2.83. The van der Waals surface area contributed by atoms with Crippen LogP contribution in [-0.4, -0.2) is 28.8 Å². The Balaban J connectivity index is 1.83. The molecule has 0 aliphatic heterocycles. The molecule has 3 aromatic rings. The molecule has 9 heteroatoms. The van der Waals surface area contributed by atoms with E-state index in [2.05, 4.69) is 14.1 Å². The SMILES string of the molecule is N#Cc1cccc(NC(=O)CS(=O)(=O)c2cccc3nsnc23)c1. The molecule has 0 bridgehead atoms. The molecule has 0 atom stereocenters. The summed E-state index contributed by atoms with van der Waals surface area (Å²) >= 11 is 0.913. The lowest BCUT2D eigenvalue weighted by Crippen LogP contribution is -2.23. The van der Waals surface area contributed by atoms with Crippen molar-refractivity contribution >= 4 is 44.2 Å². The second-order valence-electron chi connectivity index (χ2n) is 4.89. The predicted octanol–water partition coefficient (Wildman–Crippen LogP) is 1.98. The van der Waals surface area contributed by atoms with Crippen molar-refractivity contribution in [2.75, 3.05) is 11.1 Å². The van der Waals surface area contributed by atoms with Crippen LogP contribution >= 0.6 is 11.7 Å². The number of nitrogens with one attached hydrogen (secondary N) is 1. The topological polar surface area (TPSA) is 113 Å². The first-order chi connectivity index (χ1) is 11.5. The zero-order chi connectivity index (χ0) is 17.2. The van der Waals surface area contributed by atoms with Crippen LogP contribution < -0.4 is 5.32 Å². The van der Waals surface area contributed by atoms with Crippen molar-refractivity contribution in [3.8, 4) is 6.07 Å². The fourth-order valence-corrected chi connectivity index (χ4v) is 4.06. The summed E-state index contributed by atoms with van der Waals surface area (Å²) in [5.74, 6) is -1.41. The number of hydrogen-bond acceptors (Lipinski definition) is 7. The number of fused-ring (bicyclic) bond motifs is 1. The summed E-state index contributed by atoms with van der Waals surface area (Å²) in [4.78, 5) is 12.0. The van der Waals surface area contributed by atoms with Gasteiger partial charge in [-0.25, -0.2) is 8.42 Å². The second kappa shape index (κ2) is 6.35. The third-order valence-corrected chi connectivity index (χ3v) is 5.36. The minimum atomic E-state index is -3.86. The van der Waals surface area contributed by atoms with Crippen molar-refractivity contribution in [2.24, 2.45) is 0 Å². The van der Waals surface area contributed by atoms with E-state index in [1.165, 1.54) is 12.1 Å². The van der Waals surface area contributed by atoms with Gasteiger partial charge in [-0.15, -0.1) is 0 Å². The quantitative estimate of drug-likeness (QED) is 0.763. The fourth-order valence-electron chi connectivity index (χ4n) is 2.15. The molecule has 0 fully saturated rings. The summed E-state index contributed by atoms with van der Waals surface area (Å²) in [6.07, 6.45) is 0. The van der Waals surface area contributed by atoms with E-state index in [0.717, 1.165) is 11.7 Å². The molecule has 120 valence electrons. The van der Waals surface area contributed by atoms with Gasteiger partial charge >= 0.3 is 0 Å². The lowest BCUT2D eigenvalue weighted by molar-refractivity contribution is -0.113. The number of nitriles is 1. The maximum Gasteiger partial charge on any atom is 0.239 e. The summed E-state index contributed by atoms with van der Waals surface area (Å²) in [5, 5.41) is 11.3. The standard InChI is InChI=1S/C15H10N4O3S2/c16-8-10-3-1-4-11(7-10)17-14(20)9-24(21,22)13-6-2-5-12-15(13)19-23-18-12/h1-7H,9H2,(H,17,20). The van der Waals surface area contributed by atoms with Gasteiger partial charge in [-0.1, -0.05) is 12.1 Å². The molecule has 0 aliphatic rings. The lowest BCUT2D eigenvalue weighted by Gasteiger charge is -2.07.